The van der Waals surface area contributed by atoms with Crippen LogP contribution in [-0.4, -0.2) is 43.0 Å². The number of carboxylic acids is 1. The quantitative estimate of drug-likeness (QED) is 0.195. The minimum atomic E-state index is -4.58. The first-order valence-corrected chi connectivity index (χ1v) is 11.8. The summed E-state index contributed by atoms with van der Waals surface area (Å²) >= 11 is 11.5. The summed E-state index contributed by atoms with van der Waals surface area (Å²) in [5, 5.41) is 25.7. The summed E-state index contributed by atoms with van der Waals surface area (Å²) in [6.07, 6.45) is -4.58. The Labute approximate surface area is 230 Å². The molecule has 210 valence electrons. The van der Waals surface area contributed by atoms with Crippen molar-refractivity contribution in [3.63, 3.8) is 0 Å². The second-order valence-electron chi connectivity index (χ2n) is 8.64. The van der Waals surface area contributed by atoms with Gasteiger partial charge in [-0.15, -0.1) is 0 Å². The molecule has 0 aliphatic rings. The molecule has 0 atom stereocenters. The number of nitrogens with one attached hydrogen (secondary N) is 2. The second-order valence-corrected chi connectivity index (χ2v) is 9.39. The van der Waals surface area contributed by atoms with Gasteiger partial charge in [-0.2, -0.15) is 28.1 Å². The Morgan fingerprint density at radius 3 is 2.23 bits per heavy atom. The van der Waals surface area contributed by atoms with E-state index in [9.17, 15) is 28.1 Å². The Hall–Kier alpha value is -3.91. The van der Waals surface area contributed by atoms with Crippen LogP contribution in [0, 0.1) is 10.1 Å². The van der Waals surface area contributed by atoms with Crippen LogP contribution in [0.4, 0.5) is 30.8 Å². The Kier molecular flexibility index (Phi) is 10.2. The van der Waals surface area contributed by atoms with Crippen LogP contribution in [0.3, 0.4) is 0 Å². The number of halogens is 5. The van der Waals surface area contributed by atoms with Crippen molar-refractivity contribution >= 4 is 46.8 Å². The lowest BCUT2D eigenvalue weighted by atomic mass is 10.1. The summed E-state index contributed by atoms with van der Waals surface area (Å²) in [5.41, 5.74) is -2.35. The largest absolute Gasteiger partial charge is 0.477 e. The molecule has 0 spiro atoms. The highest BCUT2D eigenvalue weighted by molar-refractivity contribution is 6.32. The maximum atomic E-state index is 12.6. The fraction of sp³-hybridized carbons (Fsp3) is 0.304. The normalized spacial score (nSPS) is 11.2. The monoisotopic (exact) mass is 590 g/mol. The lowest BCUT2D eigenvalue weighted by Gasteiger charge is -2.20. The molecule has 3 aromatic rings. The van der Waals surface area contributed by atoms with Gasteiger partial charge in [0.2, 0.25) is 17.2 Å². The Bertz CT molecular complexity index is 1350. The van der Waals surface area contributed by atoms with E-state index in [1.165, 1.54) is 0 Å². The average molecular weight is 591 g/mol. The van der Waals surface area contributed by atoms with Crippen LogP contribution >= 0.6 is 23.2 Å². The minimum absolute atomic E-state index is 0.103. The first-order valence-electron chi connectivity index (χ1n) is 11.0. The Morgan fingerprint density at radius 1 is 1.08 bits per heavy atom. The molecular formula is C23H23Cl2F3N6O5. The van der Waals surface area contributed by atoms with Gasteiger partial charge in [0.25, 0.3) is 5.69 Å². The zero-order valence-corrected chi connectivity index (χ0v) is 22.4. The molecule has 11 nitrogen and oxygen atoms in total. The number of hydrogen-bond donors (Lipinski definition) is 3. The van der Waals surface area contributed by atoms with E-state index in [2.05, 4.69) is 25.6 Å². The molecule has 0 radical (unpaired) electrons. The molecule has 1 heterocycles. The predicted octanol–water partition coefficient (Wildman–Crippen LogP) is 6.92. The number of nitro benzene ring substituents is 1. The molecule has 3 rings (SSSR count). The van der Waals surface area contributed by atoms with Gasteiger partial charge in [-0.05, 0) is 63.6 Å². The van der Waals surface area contributed by atoms with Crippen LogP contribution in [0.15, 0.2) is 36.4 Å². The number of hydrogen-bond acceptors (Lipinski definition) is 9. The summed E-state index contributed by atoms with van der Waals surface area (Å²) in [6.45, 7) is 8.79. The smallest absolute Gasteiger partial charge is 0.416 e. The summed E-state index contributed by atoms with van der Waals surface area (Å²) in [5.74, 6) is -0.858. The summed E-state index contributed by atoms with van der Waals surface area (Å²) < 4.78 is 42.9. The van der Waals surface area contributed by atoms with Crippen LogP contribution in [0.1, 0.15) is 43.6 Å². The third-order valence-corrected chi connectivity index (χ3v) is 4.78. The second kappa shape index (κ2) is 12.8. The minimum Gasteiger partial charge on any atom is -0.477 e. The molecule has 0 aliphatic heterocycles. The zero-order valence-electron chi connectivity index (χ0n) is 20.9. The first kappa shape index (κ1) is 31.3. The first-order chi connectivity index (χ1) is 18.0. The highest BCUT2D eigenvalue weighted by atomic mass is 35.5. The molecule has 0 aliphatic carbocycles. The fourth-order valence-corrected chi connectivity index (χ4v) is 3.15. The van der Waals surface area contributed by atoms with Gasteiger partial charge < -0.3 is 20.5 Å². The molecule has 39 heavy (non-hydrogen) atoms. The number of aromatic nitrogens is 3. The molecule has 1 aromatic heterocycles. The SMILES string of the molecule is CCNc1nc(Cl)nc(NC(C)(C)C)n1.O=C(O)c1cc(Oc2ccc(C(F)(F)F)cc2Cl)ccc1[N+](=O)[O-]. The Balaban J connectivity index is 0.000000306. The number of carboxylic acid groups (broad SMARTS) is 1. The molecule has 0 saturated heterocycles. The van der Waals surface area contributed by atoms with E-state index < -0.39 is 33.9 Å². The van der Waals surface area contributed by atoms with Gasteiger partial charge >= 0.3 is 12.1 Å². The molecule has 0 unspecified atom stereocenters. The highest BCUT2D eigenvalue weighted by Crippen LogP contribution is 2.37. The van der Waals surface area contributed by atoms with Gasteiger partial charge in [0.1, 0.15) is 17.1 Å². The van der Waals surface area contributed by atoms with Gasteiger partial charge in [-0.25, -0.2) is 4.79 Å². The maximum Gasteiger partial charge on any atom is 0.416 e. The van der Waals surface area contributed by atoms with E-state index in [-0.39, 0.29) is 27.3 Å². The van der Waals surface area contributed by atoms with Gasteiger partial charge in [-0.1, -0.05) is 11.6 Å². The number of carbonyl (C=O) groups is 1. The van der Waals surface area contributed by atoms with E-state index in [1.54, 1.807) is 0 Å². The number of aromatic carboxylic acids is 1. The van der Waals surface area contributed by atoms with E-state index in [1.807, 2.05) is 27.7 Å². The van der Waals surface area contributed by atoms with E-state index in [0.717, 1.165) is 36.9 Å². The maximum absolute atomic E-state index is 12.6. The molecule has 2 aromatic carbocycles. The van der Waals surface area contributed by atoms with E-state index >= 15 is 0 Å². The summed E-state index contributed by atoms with van der Waals surface area (Å²) in [6, 6.07) is 5.27. The Morgan fingerprint density at radius 2 is 1.72 bits per heavy atom. The number of ether oxygens (including phenoxy) is 1. The zero-order chi connectivity index (χ0) is 29.5. The predicted molar refractivity (Wildman–Crippen MR) is 139 cm³/mol. The number of benzene rings is 2. The van der Waals surface area contributed by atoms with Gasteiger partial charge in [0, 0.05) is 24.2 Å². The highest BCUT2D eigenvalue weighted by Gasteiger charge is 2.31. The van der Waals surface area contributed by atoms with E-state index in [4.69, 9.17) is 33.0 Å². The molecule has 3 N–H and O–H groups in total. The molecule has 0 fully saturated rings. The van der Waals surface area contributed by atoms with Gasteiger partial charge in [0.05, 0.1) is 15.5 Å². The summed E-state index contributed by atoms with van der Waals surface area (Å²) in [7, 11) is 0. The topological polar surface area (TPSA) is 152 Å². The number of nitrogens with zero attached hydrogens (tertiary/aromatic N) is 4. The van der Waals surface area contributed by atoms with Crippen molar-refractivity contribution in [3.05, 3.63) is 67.9 Å². The molecule has 16 heteroatoms. The van der Waals surface area contributed by atoms with Crippen molar-refractivity contribution in [1.29, 1.82) is 0 Å². The molecule has 0 saturated carbocycles. The molecular weight excluding hydrogens is 568 g/mol. The number of nitro groups is 1. The van der Waals surface area contributed by atoms with Crippen molar-refractivity contribution in [1.82, 2.24) is 15.0 Å². The van der Waals surface area contributed by atoms with Crippen molar-refractivity contribution in [2.24, 2.45) is 0 Å². The van der Waals surface area contributed by atoms with Crippen molar-refractivity contribution in [3.8, 4) is 11.5 Å². The van der Waals surface area contributed by atoms with Crippen molar-refractivity contribution in [2.45, 2.75) is 39.4 Å². The van der Waals surface area contributed by atoms with Crippen LogP contribution in [0.25, 0.3) is 0 Å². The van der Waals surface area contributed by atoms with Crippen LogP contribution < -0.4 is 15.4 Å². The van der Waals surface area contributed by atoms with Gasteiger partial charge in [0.15, 0.2) is 0 Å². The van der Waals surface area contributed by atoms with E-state index in [0.29, 0.717) is 18.0 Å². The number of anilines is 2. The third-order valence-electron chi connectivity index (χ3n) is 4.31. The fourth-order valence-electron chi connectivity index (χ4n) is 2.77. The van der Waals surface area contributed by atoms with Crippen molar-refractivity contribution < 1.29 is 32.7 Å². The van der Waals surface area contributed by atoms with Gasteiger partial charge in [-0.3, -0.25) is 10.1 Å². The average Bonchev–Trinajstić information content (AvgIpc) is 2.78. The summed E-state index contributed by atoms with van der Waals surface area (Å²) in [4.78, 5) is 33.0. The standard InChI is InChI=1S/C14H7ClF3NO5.C9H16ClN5/c15-10-5-7(14(16,17)18)1-4-12(10)24-8-2-3-11(19(22)23)9(6-8)13(20)21;1-5-11-7-12-6(10)13-8(14-7)15-9(2,3)4/h1-6H,(H,20,21);5H2,1-4H3,(H2,11,12,13,14,15). The van der Waals surface area contributed by atoms with Crippen LogP contribution in [0.5, 0.6) is 11.5 Å². The lowest BCUT2D eigenvalue weighted by Crippen LogP contribution is -2.27. The van der Waals surface area contributed by atoms with Crippen molar-refractivity contribution in [2.75, 3.05) is 17.2 Å². The number of rotatable bonds is 7. The molecule has 0 amide bonds. The number of alkyl halides is 3. The van der Waals surface area contributed by atoms with Crippen LogP contribution in [-0.2, 0) is 6.18 Å². The third kappa shape index (κ3) is 9.72. The lowest BCUT2D eigenvalue weighted by molar-refractivity contribution is -0.385. The molecule has 0 bridgehead atoms. The van der Waals surface area contributed by atoms with Crippen LogP contribution in [0.2, 0.25) is 10.3 Å².